The molecule has 0 bridgehead atoms. The molecule has 0 saturated carbocycles. The van der Waals surface area contributed by atoms with Gasteiger partial charge in [0.05, 0.1) is 25.2 Å². The Hall–Kier alpha value is -1.92. The molecule has 1 saturated heterocycles. The van der Waals surface area contributed by atoms with Gasteiger partial charge in [0.15, 0.2) is 5.96 Å². The molecule has 0 aliphatic carbocycles. The molecule has 1 aromatic carbocycles. The van der Waals surface area contributed by atoms with Crippen molar-refractivity contribution in [2.24, 2.45) is 4.99 Å². The number of hydrogen-bond donors (Lipinski definition) is 2. The first-order valence-electron chi connectivity index (χ1n) is 8.40. The summed E-state index contributed by atoms with van der Waals surface area (Å²) in [5.74, 6) is 0.803. The van der Waals surface area contributed by atoms with Crippen LogP contribution in [-0.2, 0) is 17.8 Å². The molecule has 3 rings (SSSR count). The first kappa shape index (κ1) is 16.9. The summed E-state index contributed by atoms with van der Waals surface area (Å²) in [5.41, 5.74) is 1.19. The molecule has 1 aliphatic heterocycles. The second kappa shape index (κ2) is 8.80. The fourth-order valence-electron chi connectivity index (χ4n) is 2.71. The van der Waals surface area contributed by atoms with Gasteiger partial charge in [0, 0.05) is 18.2 Å². The second-order valence-corrected chi connectivity index (χ2v) is 6.89. The first-order chi connectivity index (χ1) is 11.8. The van der Waals surface area contributed by atoms with Crippen molar-refractivity contribution in [3.8, 4) is 0 Å². The third-order valence-corrected chi connectivity index (χ3v) is 4.82. The van der Waals surface area contributed by atoms with Crippen LogP contribution in [0.1, 0.15) is 30.3 Å². The maximum absolute atomic E-state index is 5.77. The molecule has 2 N–H and O–H groups in total. The number of aliphatic imine (C=N–C) groups is 1. The van der Waals surface area contributed by atoms with Crippen LogP contribution < -0.4 is 10.6 Å². The van der Waals surface area contributed by atoms with Crippen LogP contribution in [0.2, 0.25) is 0 Å². The first-order valence-corrected chi connectivity index (χ1v) is 9.28. The maximum Gasteiger partial charge on any atom is 0.192 e. The van der Waals surface area contributed by atoms with Crippen LogP contribution in [0.4, 0.5) is 0 Å². The molecule has 128 valence electrons. The van der Waals surface area contributed by atoms with Crippen molar-refractivity contribution in [3.63, 3.8) is 0 Å². The van der Waals surface area contributed by atoms with Gasteiger partial charge in [-0.2, -0.15) is 0 Å². The fraction of sp³-hybridized carbons (Fsp3) is 0.444. The van der Waals surface area contributed by atoms with E-state index in [1.54, 1.807) is 11.3 Å². The lowest BCUT2D eigenvalue weighted by Gasteiger charge is -2.22. The minimum atomic E-state index is 0.228. The normalized spacial score (nSPS) is 19.2. The van der Waals surface area contributed by atoms with Crippen molar-refractivity contribution in [1.29, 1.82) is 0 Å². The lowest BCUT2D eigenvalue weighted by atomic mass is 10.1. The lowest BCUT2D eigenvalue weighted by molar-refractivity contribution is 0.0890. The Kier molecular flexibility index (Phi) is 6.20. The number of thiazole rings is 1. The Morgan fingerprint density at radius 1 is 1.42 bits per heavy atom. The van der Waals surface area contributed by atoms with Crippen molar-refractivity contribution < 1.29 is 4.74 Å². The minimum absolute atomic E-state index is 0.228. The van der Waals surface area contributed by atoms with Gasteiger partial charge in [-0.25, -0.2) is 9.98 Å². The zero-order chi connectivity index (χ0) is 16.6. The highest BCUT2D eigenvalue weighted by atomic mass is 32.1. The zero-order valence-corrected chi connectivity index (χ0v) is 14.8. The van der Waals surface area contributed by atoms with E-state index in [4.69, 9.17) is 9.73 Å². The topological polar surface area (TPSA) is 58.5 Å². The molecular weight excluding hydrogens is 320 g/mol. The van der Waals surface area contributed by atoms with Crippen LogP contribution >= 0.6 is 11.3 Å². The number of nitrogens with zero attached hydrogens (tertiary/aromatic N) is 2. The van der Waals surface area contributed by atoms with Gasteiger partial charge in [-0.3, -0.25) is 0 Å². The second-order valence-electron chi connectivity index (χ2n) is 5.91. The molecule has 2 unspecified atom stereocenters. The van der Waals surface area contributed by atoms with Gasteiger partial charge in [0.2, 0.25) is 0 Å². The van der Waals surface area contributed by atoms with Gasteiger partial charge >= 0.3 is 0 Å². The monoisotopic (exact) mass is 344 g/mol. The molecule has 2 aromatic rings. The summed E-state index contributed by atoms with van der Waals surface area (Å²) in [4.78, 5) is 9.03. The Bertz CT molecular complexity index is 624. The van der Waals surface area contributed by atoms with Gasteiger partial charge in [-0.1, -0.05) is 30.3 Å². The third kappa shape index (κ3) is 5.04. The van der Waals surface area contributed by atoms with Crippen molar-refractivity contribution in [3.05, 3.63) is 52.5 Å². The number of benzene rings is 1. The molecule has 2 heterocycles. The molecule has 6 heteroatoms. The summed E-state index contributed by atoms with van der Waals surface area (Å²) in [6, 6.07) is 10.5. The number of ether oxygens (including phenoxy) is 1. The summed E-state index contributed by atoms with van der Waals surface area (Å²) in [6.45, 7) is 4.33. The van der Waals surface area contributed by atoms with E-state index in [0.717, 1.165) is 30.4 Å². The van der Waals surface area contributed by atoms with Crippen molar-refractivity contribution >= 4 is 17.3 Å². The predicted octanol–water partition coefficient (Wildman–Crippen LogP) is 2.95. The largest absolute Gasteiger partial charge is 0.376 e. The number of guanidine groups is 1. The summed E-state index contributed by atoms with van der Waals surface area (Å²) < 4.78 is 5.77. The van der Waals surface area contributed by atoms with E-state index < -0.39 is 0 Å². The van der Waals surface area contributed by atoms with Crippen LogP contribution in [-0.4, -0.2) is 29.7 Å². The lowest BCUT2D eigenvalue weighted by Crippen LogP contribution is -2.46. The molecule has 5 nitrogen and oxygen atoms in total. The Morgan fingerprint density at radius 3 is 3.00 bits per heavy atom. The van der Waals surface area contributed by atoms with Gasteiger partial charge < -0.3 is 15.4 Å². The van der Waals surface area contributed by atoms with E-state index in [1.807, 2.05) is 29.8 Å². The average molecular weight is 344 g/mol. The van der Waals surface area contributed by atoms with Crippen molar-refractivity contribution in [2.75, 3.05) is 6.61 Å². The van der Waals surface area contributed by atoms with Crippen molar-refractivity contribution in [1.82, 2.24) is 15.6 Å². The van der Waals surface area contributed by atoms with Crippen LogP contribution in [0.5, 0.6) is 0 Å². The molecule has 24 heavy (non-hydrogen) atoms. The van der Waals surface area contributed by atoms with Crippen molar-refractivity contribution in [2.45, 2.75) is 45.0 Å². The fourth-order valence-corrected chi connectivity index (χ4v) is 3.27. The highest BCUT2D eigenvalue weighted by molar-refractivity contribution is 7.09. The van der Waals surface area contributed by atoms with Gasteiger partial charge in [-0.15, -0.1) is 11.3 Å². The summed E-state index contributed by atoms with van der Waals surface area (Å²) in [5, 5.41) is 9.90. The summed E-state index contributed by atoms with van der Waals surface area (Å²) in [6.07, 6.45) is 4.32. The standard InChI is InChI=1S/C18H24N4OS/c1-14(16-8-5-10-23-16)22-18(21-13-17-19-9-11-24-17)20-12-15-6-3-2-4-7-15/h2-4,6-7,9,11,14,16H,5,8,10,12-13H2,1H3,(H2,20,21,22). The number of hydrogen-bond acceptors (Lipinski definition) is 4. The van der Waals surface area contributed by atoms with Crippen LogP contribution in [0, 0.1) is 0 Å². The third-order valence-electron chi connectivity index (χ3n) is 4.04. The molecule has 1 aromatic heterocycles. The summed E-state index contributed by atoms with van der Waals surface area (Å²) >= 11 is 1.64. The van der Waals surface area contributed by atoms with Crippen LogP contribution in [0.15, 0.2) is 46.9 Å². The van der Waals surface area contributed by atoms with Gasteiger partial charge in [-0.05, 0) is 25.3 Å². The zero-order valence-electron chi connectivity index (χ0n) is 13.9. The Labute approximate surface area is 147 Å². The number of nitrogens with one attached hydrogen (secondary N) is 2. The van der Waals surface area contributed by atoms with Gasteiger partial charge in [0.1, 0.15) is 5.01 Å². The van der Waals surface area contributed by atoms with E-state index in [0.29, 0.717) is 13.1 Å². The van der Waals surface area contributed by atoms with Crippen LogP contribution in [0.25, 0.3) is 0 Å². The molecule has 1 fully saturated rings. The average Bonchev–Trinajstić information content (AvgIpc) is 3.31. The molecule has 0 spiro atoms. The Balaban J connectivity index is 1.62. The molecule has 0 radical (unpaired) electrons. The summed E-state index contributed by atoms with van der Waals surface area (Å²) in [7, 11) is 0. The Morgan fingerprint density at radius 2 is 2.29 bits per heavy atom. The van der Waals surface area contributed by atoms with E-state index >= 15 is 0 Å². The molecule has 0 amide bonds. The predicted molar refractivity (Wildman–Crippen MR) is 98.1 cm³/mol. The highest BCUT2D eigenvalue weighted by Crippen LogP contribution is 2.15. The van der Waals surface area contributed by atoms with Crippen LogP contribution in [0.3, 0.4) is 0 Å². The number of rotatable bonds is 6. The van der Waals surface area contributed by atoms with E-state index in [2.05, 4.69) is 34.7 Å². The highest BCUT2D eigenvalue weighted by Gasteiger charge is 2.23. The minimum Gasteiger partial charge on any atom is -0.376 e. The SMILES string of the molecule is CC(NC(=NCc1ccccc1)NCc1nccs1)C1CCCO1. The van der Waals surface area contributed by atoms with E-state index in [1.165, 1.54) is 5.56 Å². The smallest absolute Gasteiger partial charge is 0.192 e. The molecule has 2 atom stereocenters. The maximum atomic E-state index is 5.77. The molecular formula is C18H24N4OS. The quantitative estimate of drug-likeness (QED) is 0.625. The van der Waals surface area contributed by atoms with Gasteiger partial charge in [0.25, 0.3) is 0 Å². The number of aromatic nitrogens is 1. The van der Waals surface area contributed by atoms with E-state index in [9.17, 15) is 0 Å². The molecule has 1 aliphatic rings. The van der Waals surface area contributed by atoms with E-state index in [-0.39, 0.29) is 12.1 Å².